The van der Waals surface area contributed by atoms with Crippen molar-refractivity contribution in [3.05, 3.63) is 35.4 Å². The zero-order chi connectivity index (χ0) is 12.3. The fourth-order valence-electron chi connectivity index (χ4n) is 2.15. The maximum atomic E-state index is 13.2. The van der Waals surface area contributed by atoms with Crippen LogP contribution >= 0.6 is 0 Å². The van der Waals surface area contributed by atoms with Crippen molar-refractivity contribution in [2.45, 2.75) is 6.92 Å². The van der Waals surface area contributed by atoms with Crippen LogP contribution in [-0.4, -0.2) is 37.6 Å². The number of anilines is 1. The Bertz CT molecular complexity index is 431. The van der Waals surface area contributed by atoms with Crippen LogP contribution in [0.3, 0.4) is 0 Å². The summed E-state index contributed by atoms with van der Waals surface area (Å²) in [6.45, 7) is 14.0. The van der Waals surface area contributed by atoms with Crippen LogP contribution in [0, 0.1) is 12.4 Å². The number of hydrogen-bond donors (Lipinski definition) is 0. The first-order valence-electron chi connectivity index (χ1n) is 5.89. The van der Waals surface area contributed by atoms with E-state index in [9.17, 15) is 4.39 Å². The maximum absolute atomic E-state index is 13.2. The van der Waals surface area contributed by atoms with Crippen molar-refractivity contribution in [2.75, 3.05) is 37.6 Å². The van der Waals surface area contributed by atoms with Gasteiger partial charge in [0.05, 0.1) is 6.57 Å². The third kappa shape index (κ3) is 2.56. The minimum absolute atomic E-state index is 0.273. The molecule has 0 saturated carbocycles. The number of rotatable bonds is 2. The van der Waals surface area contributed by atoms with Crippen molar-refractivity contribution >= 4 is 11.4 Å². The molecule has 1 saturated heterocycles. The second kappa shape index (κ2) is 5.15. The van der Waals surface area contributed by atoms with Gasteiger partial charge in [0, 0.05) is 31.9 Å². The number of halogens is 1. The van der Waals surface area contributed by atoms with Crippen molar-refractivity contribution in [1.29, 1.82) is 0 Å². The molecule has 17 heavy (non-hydrogen) atoms. The third-order valence-electron chi connectivity index (χ3n) is 3.22. The number of nitrogens with zero attached hydrogens (tertiary/aromatic N) is 3. The third-order valence-corrected chi connectivity index (χ3v) is 3.22. The van der Waals surface area contributed by atoms with Crippen LogP contribution in [0.5, 0.6) is 0 Å². The Labute approximate surface area is 101 Å². The summed E-state index contributed by atoms with van der Waals surface area (Å²) in [7, 11) is 0. The zero-order valence-electron chi connectivity index (χ0n) is 9.99. The molecule has 3 nitrogen and oxygen atoms in total. The average molecular weight is 233 g/mol. The average Bonchev–Trinajstić information content (AvgIpc) is 2.39. The van der Waals surface area contributed by atoms with Gasteiger partial charge in [0.15, 0.2) is 0 Å². The first kappa shape index (κ1) is 11.9. The molecule has 1 aliphatic heterocycles. The van der Waals surface area contributed by atoms with Crippen molar-refractivity contribution in [1.82, 2.24) is 4.90 Å². The fraction of sp³-hybridized carbons (Fsp3) is 0.462. The molecule has 4 heteroatoms. The summed E-state index contributed by atoms with van der Waals surface area (Å²) < 4.78 is 13.2. The number of piperazine rings is 1. The second-order valence-electron chi connectivity index (χ2n) is 4.17. The van der Waals surface area contributed by atoms with Crippen LogP contribution in [0.4, 0.5) is 15.8 Å². The van der Waals surface area contributed by atoms with Gasteiger partial charge >= 0.3 is 0 Å². The van der Waals surface area contributed by atoms with E-state index in [1.165, 1.54) is 12.1 Å². The minimum atomic E-state index is -0.273. The van der Waals surface area contributed by atoms with E-state index in [0.717, 1.165) is 38.4 Å². The summed E-state index contributed by atoms with van der Waals surface area (Å²) in [6.07, 6.45) is 0. The summed E-state index contributed by atoms with van der Waals surface area (Å²) in [5, 5.41) is 0. The molecule has 0 aromatic heterocycles. The minimum Gasteiger partial charge on any atom is -0.378 e. The molecule has 90 valence electrons. The highest BCUT2D eigenvalue weighted by Crippen LogP contribution is 2.30. The van der Waals surface area contributed by atoms with E-state index in [0.29, 0.717) is 5.69 Å². The predicted molar refractivity (Wildman–Crippen MR) is 67.0 cm³/mol. The molecule has 0 bridgehead atoms. The molecule has 0 aliphatic carbocycles. The molecule has 0 atom stereocenters. The zero-order valence-corrected chi connectivity index (χ0v) is 9.99. The van der Waals surface area contributed by atoms with Gasteiger partial charge in [-0.1, -0.05) is 13.0 Å². The predicted octanol–water partition coefficient (Wildman–Crippen LogP) is 2.52. The van der Waals surface area contributed by atoms with Gasteiger partial charge in [0.25, 0.3) is 0 Å². The molecule has 1 aromatic rings. The van der Waals surface area contributed by atoms with Crippen molar-refractivity contribution in [3.63, 3.8) is 0 Å². The lowest BCUT2D eigenvalue weighted by atomic mass is 10.2. The van der Waals surface area contributed by atoms with Gasteiger partial charge in [-0.15, -0.1) is 0 Å². The smallest absolute Gasteiger partial charge is 0.209 e. The van der Waals surface area contributed by atoms with Gasteiger partial charge in [0.1, 0.15) is 5.82 Å². The first-order valence-corrected chi connectivity index (χ1v) is 5.89. The Morgan fingerprint density at radius 1 is 1.29 bits per heavy atom. The quantitative estimate of drug-likeness (QED) is 0.727. The Balaban J connectivity index is 2.18. The van der Waals surface area contributed by atoms with Crippen molar-refractivity contribution in [3.8, 4) is 0 Å². The Kier molecular flexibility index (Phi) is 3.60. The van der Waals surface area contributed by atoms with Gasteiger partial charge in [-0.2, -0.15) is 0 Å². The topological polar surface area (TPSA) is 10.8 Å². The number of hydrogen-bond acceptors (Lipinski definition) is 2. The Hall–Kier alpha value is -1.60. The lowest BCUT2D eigenvalue weighted by Gasteiger charge is -2.36. The van der Waals surface area contributed by atoms with Crippen LogP contribution in [0.2, 0.25) is 0 Å². The standard InChI is InChI=1S/C13H16FN3/c1-3-16-6-8-17(9-7-16)13-10-11(14)4-5-12(13)15-2/h4-5,10H,3,6-9H2,1H3. The summed E-state index contributed by atoms with van der Waals surface area (Å²) in [6, 6.07) is 4.37. The highest BCUT2D eigenvalue weighted by Gasteiger charge is 2.18. The highest BCUT2D eigenvalue weighted by molar-refractivity contribution is 5.71. The van der Waals surface area contributed by atoms with Crippen molar-refractivity contribution in [2.24, 2.45) is 0 Å². The highest BCUT2D eigenvalue weighted by atomic mass is 19.1. The van der Waals surface area contributed by atoms with Crippen LogP contribution in [0.25, 0.3) is 4.85 Å². The normalized spacial score (nSPS) is 16.9. The van der Waals surface area contributed by atoms with Crippen LogP contribution in [0.15, 0.2) is 18.2 Å². The molecule has 1 aliphatic rings. The lowest BCUT2D eigenvalue weighted by Crippen LogP contribution is -2.46. The fourth-order valence-corrected chi connectivity index (χ4v) is 2.15. The molecule has 0 N–H and O–H groups in total. The molecule has 0 amide bonds. The summed E-state index contributed by atoms with van der Waals surface area (Å²) in [5.74, 6) is -0.273. The van der Waals surface area contributed by atoms with E-state index in [-0.39, 0.29) is 5.82 Å². The SMILES string of the molecule is [C-]#[N+]c1ccc(F)cc1N1CCN(CC)CC1. The van der Waals surface area contributed by atoms with Crippen LogP contribution < -0.4 is 4.90 Å². The monoisotopic (exact) mass is 233 g/mol. The molecule has 1 heterocycles. The maximum Gasteiger partial charge on any atom is 0.209 e. The number of benzene rings is 1. The van der Waals surface area contributed by atoms with Gasteiger partial charge < -0.3 is 9.80 Å². The van der Waals surface area contributed by atoms with E-state index < -0.39 is 0 Å². The Morgan fingerprint density at radius 3 is 2.59 bits per heavy atom. The van der Waals surface area contributed by atoms with Gasteiger partial charge in [0.2, 0.25) is 5.69 Å². The van der Waals surface area contributed by atoms with Gasteiger partial charge in [-0.05, 0) is 18.7 Å². The molecular formula is C13H16FN3. The molecule has 0 radical (unpaired) electrons. The van der Waals surface area contributed by atoms with E-state index in [1.54, 1.807) is 6.07 Å². The molecular weight excluding hydrogens is 217 g/mol. The lowest BCUT2D eigenvalue weighted by molar-refractivity contribution is 0.271. The molecule has 1 aromatic carbocycles. The van der Waals surface area contributed by atoms with Gasteiger partial charge in [-0.3, -0.25) is 0 Å². The largest absolute Gasteiger partial charge is 0.378 e. The van der Waals surface area contributed by atoms with E-state index in [4.69, 9.17) is 6.57 Å². The molecule has 2 rings (SSSR count). The van der Waals surface area contributed by atoms with Crippen LogP contribution in [0.1, 0.15) is 6.92 Å². The van der Waals surface area contributed by atoms with Crippen LogP contribution in [-0.2, 0) is 0 Å². The van der Waals surface area contributed by atoms with Gasteiger partial charge in [-0.25, -0.2) is 9.24 Å². The second-order valence-corrected chi connectivity index (χ2v) is 4.17. The summed E-state index contributed by atoms with van der Waals surface area (Å²) >= 11 is 0. The summed E-state index contributed by atoms with van der Waals surface area (Å²) in [4.78, 5) is 7.91. The Morgan fingerprint density at radius 2 is 2.00 bits per heavy atom. The van der Waals surface area contributed by atoms with Crippen molar-refractivity contribution < 1.29 is 4.39 Å². The first-order chi connectivity index (χ1) is 8.24. The van der Waals surface area contributed by atoms with E-state index >= 15 is 0 Å². The summed E-state index contributed by atoms with van der Waals surface area (Å²) in [5.41, 5.74) is 1.27. The number of likely N-dealkylation sites (N-methyl/N-ethyl adjacent to an activating group) is 1. The molecule has 0 spiro atoms. The van der Waals surface area contributed by atoms with E-state index in [1.807, 2.05) is 0 Å². The molecule has 1 fully saturated rings. The molecule has 0 unspecified atom stereocenters. The van der Waals surface area contributed by atoms with E-state index in [2.05, 4.69) is 21.6 Å².